The zero-order chi connectivity index (χ0) is 18.9. The van der Waals surface area contributed by atoms with Crippen molar-refractivity contribution in [2.75, 3.05) is 6.54 Å². The number of amides is 1. The number of hydrogen-bond acceptors (Lipinski definition) is 5. The normalized spacial score (nSPS) is 20.4. The molecule has 3 atom stereocenters. The summed E-state index contributed by atoms with van der Waals surface area (Å²) < 4.78 is 29.5. The van der Waals surface area contributed by atoms with Gasteiger partial charge in [0.15, 0.2) is 0 Å². The van der Waals surface area contributed by atoms with E-state index in [2.05, 4.69) is 9.82 Å². The van der Waals surface area contributed by atoms with Crippen LogP contribution in [0.5, 0.6) is 0 Å². The van der Waals surface area contributed by atoms with Crippen molar-refractivity contribution in [3.05, 3.63) is 11.4 Å². The van der Waals surface area contributed by atoms with Crippen LogP contribution in [0.2, 0.25) is 0 Å². The van der Waals surface area contributed by atoms with Gasteiger partial charge in [-0.2, -0.15) is 9.82 Å². The number of likely N-dealkylation sites (tertiary alicyclic amines) is 1. The molecule has 3 unspecified atom stereocenters. The number of nitrogens with one attached hydrogen (secondary N) is 1. The van der Waals surface area contributed by atoms with Crippen LogP contribution in [0.3, 0.4) is 0 Å². The number of piperidine rings is 1. The first-order valence-corrected chi connectivity index (χ1v) is 10.1. The third-order valence-electron chi connectivity index (χ3n) is 4.85. The molecule has 10 heteroatoms. The molecule has 0 aromatic carbocycles. The van der Waals surface area contributed by atoms with Crippen LogP contribution < -0.4 is 10.5 Å². The number of halogens is 1. The molecule has 3 N–H and O–H groups in total. The van der Waals surface area contributed by atoms with Crippen molar-refractivity contribution >= 4 is 28.3 Å². The smallest absolute Gasteiger partial charge is 0.244 e. The number of carbonyl (C=O) groups is 1. The van der Waals surface area contributed by atoms with Crippen molar-refractivity contribution in [3.63, 3.8) is 0 Å². The van der Waals surface area contributed by atoms with Crippen molar-refractivity contribution < 1.29 is 13.2 Å². The predicted octanol–water partition coefficient (Wildman–Crippen LogP) is 0.854. The molecule has 1 aliphatic rings. The van der Waals surface area contributed by atoms with E-state index in [1.54, 1.807) is 32.7 Å². The summed E-state index contributed by atoms with van der Waals surface area (Å²) in [5.74, 6) is -0.232. The molecule has 0 radical (unpaired) electrons. The summed E-state index contributed by atoms with van der Waals surface area (Å²) in [6.45, 7) is 7.41. The Morgan fingerprint density at radius 1 is 1.31 bits per heavy atom. The van der Waals surface area contributed by atoms with Gasteiger partial charge in [-0.25, -0.2) is 8.42 Å². The second kappa shape index (κ2) is 8.69. The molecule has 2 rings (SSSR count). The third-order valence-corrected chi connectivity index (χ3v) is 6.65. The molecule has 26 heavy (non-hydrogen) atoms. The largest absolute Gasteiger partial charge is 0.337 e. The summed E-state index contributed by atoms with van der Waals surface area (Å²) in [6, 6.07) is -1.05. The molecule has 0 saturated carbocycles. The van der Waals surface area contributed by atoms with E-state index in [1.165, 1.54) is 4.68 Å². The fraction of sp³-hybridized carbons (Fsp3) is 0.750. The van der Waals surface area contributed by atoms with Crippen LogP contribution in [0.1, 0.15) is 44.5 Å². The summed E-state index contributed by atoms with van der Waals surface area (Å²) in [7, 11) is -2.14. The summed E-state index contributed by atoms with van der Waals surface area (Å²) in [5.41, 5.74) is 6.97. The number of aryl methyl sites for hydroxylation is 2. The highest BCUT2D eigenvalue weighted by atomic mass is 35.5. The van der Waals surface area contributed by atoms with E-state index in [0.29, 0.717) is 17.9 Å². The maximum atomic E-state index is 12.8. The summed E-state index contributed by atoms with van der Waals surface area (Å²) in [5, 5.41) is 4.14. The second-order valence-electron chi connectivity index (χ2n) is 6.92. The molecule has 0 bridgehead atoms. The standard InChI is InChI=1S/C16H29N5O3S.ClH/c1-10(17)14-8-6-7-9-21(14)16(22)12(3)19-25(23,24)15-11(2)18-20(5)13(15)4;/h10,12,14,19H,6-9,17H2,1-5H3;1H. The molecule has 1 aromatic rings. The molecular weight excluding hydrogens is 378 g/mol. The van der Waals surface area contributed by atoms with Crippen LogP contribution in [0, 0.1) is 13.8 Å². The molecule has 1 saturated heterocycles. The van der Waals surface area contributed by atoms with Gasteiger partial charge in [0.05, 0.1) is 17.4 Å². The van der Waals surface area contributed by atoms with Crippen LogP contribution in [0.15, 0.2) is 4.90 Å². The topological polar surface area (TPSA) is 110 Å². The first-order chi connectivity index (χ1) is 11.6. The lowest BCUT2D eigenvalue weighted by molar-refractivity contribution is -0.136. The Morgan fingerprint density at radius 2 is 1.92 bits per heavy atom. The van der Waals surface area contributed by atoms with Crippen LogP contribution in [0.25, 0.3) is 0 Å². The Balaban J connectivity index is 0.00000338. The number of nitrogens with zero attached hydrogens (tertiary/aromatic N) is 3. The van der Waals surface area contributed by atoms with Crippen molar-refractivity contribution in [3.8, 4) is 0 Å². The molecule has 8 nitrogen and oxygen atoms in total. The van der Waals surface area contributed by atoms with Gasteiger partial charge in [-0.15, -0.1) is 12.4 Å². The highest BCUT2D eigenvalue weighted by Gasteiger charge is 2.34. The minimum absolute atomic E-state index is 0. The van der Waals surface area contributed by atoms with E-state index < -0.39 is 16.1 Å². The van der Waals surface area contributed by atoms with Crippen molar-refractivity contribution in [1.82, 2.24) is 19.4 Å². The fourth-order valence-corrected chi connectivity index (χ4v) is 5.15. The maximum absolute atomic E-state index is 12.8. The number of hydrogen-bond donors (Lipinski definition) is 2. The van der Waals surface area contributed by atoms with Gasteiger partial charge in [-0.05, 0) is 47.0 Å². The van der Waals surface area contributed by atoms with Crippen molar-refractivity contribution in [1.29, 1.82) is 0 Å². The van der Waals surface area contributed by atoms with Crippen LogP contribution in [0.4, 0.5) is 0 Å². The minimum atomic E-state index is -3.83. The Morgan fingerprint density at radius 3 is 2.42 bits per heavy atom. The number of aromatic nitrogens is 2. The maximum Gasteiger partial charge on any atom is 0.244 e. The Hall–Kier alpha value is -1.16. The van der Waals surface area contributed by atoms with Gasteiger partial charge >= 0.3 is 0 Å². The Bertz CT molecular complexity index is 747. The highest BCUT2D eigenvalue weighted by Crippen LogP contribution is 2.22. The Kier molecular flexibility index (Phi) is 7.64. The average Bonchev–Trinajstić information content (AvgIpc) is 2.79. The highest BCUT2D eigenvalue weighted by molar-refractivity contribution is 7.89. The third kappa shape index (κ3) is 4.57. The second-order valence-corrected chi connectivity index (χ2v) is 8.57. The van der Waals surface area contributed by atoms with Crippen LogP contribution in [-0.4, -0.2) is 53.7 Å². The van der Waals surface area contributed by atoms with E-state index >= 15 is 0 Å². The number of sulfonamides is 1. The fourth-order valence-electron chi connectivity index (χ4n) is 3.51. The average molecular weight is 408 g/mol. The van der Waals surface area contributed by atoms with Gasteiger partial charge in [0.1, 0.15) is 4.90 Å². The number of carbonyl (C=O) groups excluding carboxylic acids is 1. The van der Waals surface area contributed by atoms with E-state index in [0.717, 1.165) is 19.3 Å². The lowest BCUT2D eigenvalue weighted by Gasteiger charge is -2.39. The molecule has 1 amide bonds. The van der Waals surface area contributed by atoms with Crippen LogP contribution in [-0.2, 0) is 21.9 Å². The quantitative estimate of drug-likeness (QED) is 0.751. The van der Waals surface area contributed by atoms with E-state index in [4.69, 9.17) is 5.73 Å². The van der Waals surface area contributed by atoms with Crippen molar-refractivity contribution in [2.24, 2.45) is 12.8 Å². The minimum Gasteiger partial charge on any atom is -0.337 e. The molecule has 2 heterocycles. The number of rotatable bonds is 5. The number of nitrogens with two attached hydrogens (primary N) is 1. The summed E-state index contributed by atoms with van der Waals surface area (Å²) >= 11 is 0. The Labute approximate surface area is 162 Å². The van der Waals surface area contributed by atoms with Gasteiger partial charge in [-0.1, -0.05) is 0 Å². The monoisotopic (exact) mass is 407 g/mol. The molecule has 150 valence electrons. The zero-order valence-electron chi connectivity index (χ0n) is 16.0. The first kappa shape index (κ1) is 22.9. The first-order valence-electron chi connectivity index (χ1n) is 8.65. The molecule has 1 fully saturated rings. The van der Waals surface area contributed by atoms with Crippen LogP contribution >= 0.6 is 12.4 Å². The molecule has 0 aliphatic carbocycles. The molecule has 0 spiro atoms. The van der Waals surface area contributed by atoms with Gasteiger partial charge in [-0.3, -0.25) is 9.48 Å². The van der Waals surface area contributed by atoms with Gasteiger partial charge < -0.3 is 10.6 Å². The zero-order valence-corrected chi connectivity index (χ0v) is 17.7. The molecule has 1 aromatic heterocycles. The molecule has 1 aliphatic heterocycles. The predicted molar refractivity (Wildman–Crippen MR) is 103 cm³/mol. The lowest BCUT2D eigenvalue weighted by Crippen LogP contribution is -2.56. The summed E-state index contributed by atoms with van der Waals surface area (Å²) in [6.07, 6.45) is 2.79. The van der Waals surface area contributed by atoms with E-state index in [-0.39, 0.29) is 35.3 Å². The van der Waals surface area contributed by atoms with E-state index in [9.17, 15) is 13.2 Å². The van der Waals surface area contributed by atoms with E-state index in [1.807, 2.05) is 6.92 Å². The van der Waals surface area contributed by atoms with Gasteiger partial charge in [0.2, 0.25) is 15.9 Å². The van der Waals surface area contributed by atoms with Gasteiger partial charge in [0, 0.05) is 25.7 Å². The SMILES string of the molecule is Cc1nn(C)c(C)c1S(=O)(=O)NC(C)C(=O)N1CCCCC1C(C)N.Cl. The van der Waals surface area contributed by atoms with Gasteiger partial charge in [0.25, 0.3) is 0 Å². The summed E-state index contributed by atoms with van der Waals surface area (Å²) in [4.78, 5) is 14.7. The van der Waals surface area contributed by atoms with Crippen molar-refractivity contribution in [2.45, 2.75) is 70.0 Å². The molecular formula is C16H30ClN5O3S. The lowest BCUT2D eigenvalue weighted by atomic mass is 9.96.